The monoisotopic (exact) mass is 698 g/mol. The van der Waals surface area contributed by atoms with Gasteiger partial charge in [0.25, 0.3) is 5.91 Å². The van der Waals surface area contributed by atoms with Crippen LogP contribution in [0.1, 0.15) is 76.1 Å². The number of para-hydroxylation sites is 1. The first kappa shape index (κ1) is 36.8. The number of anilines is 2. The largest absolute Gasteiger partial charge is 0.495 e. The lowest BCUT2D eigenvalue weighted by Crippen LogP contribution is -2.51. The Balaban J connectivity index is 1.34. The number of methoxy groups -OCH3 is 1. The summed E-state index contributed by atoms with van der Waals surface area (Å²) in [4.78, 5) is 74.4. The zero-order valence-corrected chi connectivity index (χ0v) is 29.9. The van der Waals surface area contributed by atoms with Gasteiger partial charge in [-0.05, 0) is 87.9 Å². The third-order valence-corrected chi connectivity index (χ3v) is 9.11. The molecule has 51 heavy (non-hydrogen) atoms. The van der Waals surface area contributed by atoms with Gasteiger partial charge in [0.15, 0.2) is 0 Å². The van der Waals surface area contributed by atoms with Crippen molar-refractivity contribution in [1.29, 1.82) is 0 Å². The van der Waals surface area contributed by atoms with E-state index >= 15 is 0 Å². The molecule has 0 spiro atoms. The van der Waals surface area contributed by atoms with Crippen LogP contribution < -0.4 is 20.7 Å². The average molecular weight is 699 g/mol. The van der Waals surface area contributed by atoms with Crippen LogP contribution in [0.5, 0.6) is 5.75 Å². The standard InChI is InChI=1S/C38H46N6O7/c1-23(2)51-33(45)20-30(27-11-9-17-39-21-27)40-34(46)31(18-25-13-14-25)44-35(47)38(4,5)43(37(44)49)22-26-15-16-29(32(19-26)50-6)42-36(48)41-28-12-8-7-10-24(28)3/h7-12,15-17,19,21,23,25,30-31H,13-14,18,20,22H2,1-6H3,(H,40,46)(H2,41,42,48)/t30?,31-/m0/s1. The summed E-state index contributed by atoms with van der Waals surface area (Å²) in [7, 11) is 1.47. The maximum Gasteiger partial charge on any atom is 0.328 e. The summed E-state index contributed by atoms with van der Waals surface area (Å²) in [5.41, 5.74) is 1.96. The Kier molecular flexibility index (Phi) is 11.3. The molecule has 3 N–H and O–H groups in total. The Bertz CT molecular complexity index is 1780. The van der Waals surface area contributed by atoms with Crippen molar-refractivity contribution in [2.24, 2.45) is 5.92 Å². The molecule has 1 aromatic heterocycles. The molecule has 0 radical (unpaired) electrons. The molecule has 0 bridgehead atoms. The number of hydrogen-bond donors (Lipinski definition) is 3. The van der Waals surface area contributed by atoms with Crippen molar-refractivity contribution in [3.63, 3.8) is 0 Å². The smallest absolute Gasteiger partial charge is 0.328 e. The summed E-state index contributed by atoms with van der Waals surface area (Å²) in [5.74, 6) is -0.976. The van der Waals surface area contributed by atoms with Crippen molar-refractivity contribution in [3.8, 4) is 5.75 Å². The molecule has 13 heteroatoms. The third kappa shape index (κ3) is 8.83. The number of ether oxygens (including phenoxy) is 2. The van der Waals surface area contributed by atoms with Crippen LogP contribution in [0.3, 0.4) is 0 Å². The number of urea groups is 2. The number of hydrogen-bond acceptors (Lipinski definition) is 8. The number of carbonyl (C=O) groups is 5. The van der Waals surface area contributed by atoms with Crippen LogP contribution in [0.2, 0.25) is 0 Å². The molecular weight excluding hydrogens is 652 g/mol. The number of amides is 6. The first-order chi connectivity index (χ1) is 24.3. The van der Waals surface area contributed by atoms with Gasteiger partial charge < -0.3 is 30.3 Å². The van der Waals surface area contributed by atoms with Crippen LogP contribution in [0.4, 0.5) is 21.0 Å². The average Bonchev–Trinajstić information content (AvgIpc) is 3.89. The molecular formula is C38H46N6O7. The summed E-state index contributed by atoms with van der Waals surface area (Å²) >= 11 is 0. The minimum atomic E-state index is -1.28. The number of esters is 1. The number of aryl methyl sites for hydroxylation is 1. The van der Waals surface area contributed by atoms with Crippen LogP contribution in [-0.4, -0.2) is 69.4 Å². The Morgan fingerprint density at radius 1 is 1.00 bits per heavy atom. The molecule has 1 aliphatic carbocycles. The van der Waals surface area contributed by atoms with Crippen LogP contribution >= 0.6 is 0 Å². The van der Waals surface area contributed by atoms with Crippen LogP contribution in [0.15, 0.2) is 67.0 Å². The van der Waals surface area contributed by atoms with Gasteiger partial charge in [-0.25, -0.2) is 14.5 Å². The number of nitrogens with zero attached hydrogens (tertiary/aromatic N) is 3. The number of rotatable bonds is 14. The van der Waals surface area contributed by atoms with Gasteiger partial charge in [-0.1, -0.05) is 43.2 Å². The van der Waals surface area contributed by atoms with E-state index in [9.17, 15) is 24.0 Å². The van der Waals surface area contributed by atoms with E-state index in [1.807, 2.05) is 25.1 Å². The van der Waals surface area contributed by atoms with Gasteiger partial charge in [0, 0.05) is 24.6 Å². The van der Waals surface area contributed by atoms with Crippen LogP contribution in [0.25, 0.3) is 0 Å². The molecule has 2 fully saturated rings. The summed E-state index contributed by atoms with van der Waals surface area (Å²) in [6, 6.07) is 13.1. The number of nitrogens with one attached hydrogen (secondary N) is 3. The van der Waals surface area contributed by atoms with E-state index in [-0.39, 0.29) is 25.0 Å². The van der Waals surface area contributed by atoms with Crippen molar-refractivity contribution < 1.29 is 33.4 Å². The van der Waals surface area contributed by atoms with E-state index < -0.39 is 47.5 Å². The highest BCUT2D eigenvalue weighted by Gasteiger charge is 2.55. The molecule has 1 saturated carbocycles. The van der Waals surface area contributed by atoms with Gasteiger partial charge in [0.2, 0.25) is 5.91 Å². The van der Waals surface area contributed by atoms with Gasteiger partial charge in [0.05, 0.1) is 31.4 Å². The number of carbonyl (C=O) groups excluding carboxylic acids is 5. The lowest BCUT2D eigenvalue weighted by atomic mass is 10.0. The lowest BCUT2D eigenvalue weighted by Gasteiger charge is -2.28. The fourth-order valence-corrected chi connectivity index (χ4v) is 6.09. The highest BCUT2D eigenvalue weighted by molar-refractivity contribution is 6.09. The fourth-order valence-electron chi connectivity index (χ4n) is 6.09. The second-order valence-electron chi connectivity index (χ2n) is 13.8. The van der Waals surface area contributed by atoms with Crippen molar-refractivity contribution >= 4 is 41.2 Å². The Morgan fingerprint density at radius 3 is 2.37 bits per heavy atom. The molecule has 1 aliphatic heterocycles. The lowest BCUT2D eigenvalue weighted by molar-refractivity contribution is -0.148. The number of aromatic nitrogens is 1. The van der Waals surface area contributed by atoms with Gasteiger partial charge in [-0.2, -0.15) is 0 Å². The SMILES string of the molecule is COc1cc(CN2C(=O)N([C@@H](CC3CC3)C(=O)NC(CC(=O)OC(C)C)c3cccnc3)C(=O)C2(C)C)ccc1NC(=O)Nc1ccccc1C. The molecule has 3 aromatic rings. The zero-order chi connectivity index (χ0) is 36.9. The van der Waals surface area contributed by atoms with Crippen molar-refractivity contribution in [2.75, 3.05) is 17.7 Å². The van der Waals surface area contributed by atoms with Crippen LogP contribution in [-0.2, 0) is 25.7 Å². The summed E-state index contributed by atoms with van der Waals surface area (Å²) in [6.45, 7) is 8.73. The second-order valence-corrected chi connectivity index (χ2v) is 13.8. The maximum atomic E-state index is 14.2. The molecule has 2 atom stereocenters. The van der Waals surface area contributed by atoms with Gasteiger partial charge in [-0.15, -0.1) is 0 Å². The van der Waals surface area contributed by atoms with E-state index in [1.165, 1.54) is 12.0 Å². The van der Waals surface area contributed by atoms with Gasteiger partial charge in [0.1, 0.15) is 17.3 Å². The predicted molar refractivity (Wildman–Crippen MR) is 191 cm³/mol. The maximum absolute atomic E-state index is 14.2. The minimum absolute atomic E-state index is 0.0389. The highest BCUT2D eigenvalue weighted by atomic mass is 16.5. The van der Waals surface area contributed by atoms with Crippen molar-refractivity contribution in [3.05, 3.63) is 83.7 Å². The van der Waals surface area contributed by atoms with E-state index in [0.29, 0.717) is 34.7 Å². The third-order valence-electron chi connectivity index (χ3n) is 9.11. The first-order valence-electron chi connectivity index (χ1n) is 17.1. The number of pyridine rings is 1. The van der Waals surface area contributed by atoms with E-state index in [4.69, 9.17) is 9.47 Å². The number of imide groups is 1. The summed E-state index contributed by atoms with van der Waals surface area (Å²) < 4.78 is 10.9. The molecule has 1 unspecified atom stereocenters. The molecule has 6 amide bonds. The summed E-state index contributed by atoms with van der Waals surface area (Å²) in [6.07, 6.45) is 4.76. The van der Waals surface area contributed by atoms with Crippen molar-refractivity contribution in [1.82, 2.24) is 20.1 Å². The second kappa shape index (κ2) is 15.6. The molecule has 2 aliphatic rings. The van der Waals surface area contributed by atoms with E-state index in [1.54, 1.807) is 76.5 Å². The topological polar surface area (TPSA) is 159 Å². The Hall–Kier alpha value is -5.46. The Morgan fingerprint density at radius 2 is 1.73 bits per heavy atom. The van der Waals surface area contributed by atoms with Crippen LogP contribution in [0, 0.1) is 12.8 Å². The number of benzene rings is 2. The molecule has 13 nitrogen and oxygen atoms in total. The predicted octanol–water partition coefficient (Wildman–Crippen LogP) is 5.95. The van der Waals surface area contributed by atoms with Gasteiger partial charge >= 0.3 is 18.0 Å². The molecule has 2 aromatic carbocycles. The van der Waals surface area contributed by atoms with Gasteiger partial charge in [-0.3, -0.25) is 19.4 Å². The quantitative estimate of drug-likeness (QED) is 0.138. The molecule has 1 saturated heterocycles. The Labute approximate surface area is 298 Å². The zero-order valence-electron chi connectivity index (χ0n) is 29.9. The van der Waals surface area contributed by atoms with E-state index in [0.717, 1.165) is 23.3 Å². The fraction of sp³-hybridized carbons (Fsp3) is 0.421. The molecule has 270 valence electrons. The molecule has 5 rings (SSSR count). The summed E-state index contributed by atoms with van der Waals surface area (Å²) in [5, 5.41) is 8.56. The first-order valence-corrected chi connectivity index (χ1v) is 17.1. The molecule has 2 heterocycles. The normalized spacial score (nSPS) is 16.5. The minimum Gasteiger partial charge on any atom is -0.495 e. The van der Waals surface area contributed by atoms with Crippen molar-refractivity contribution in [2.45, 2.75) is 90.6 Å². The highest BCUT2D eigenvalue weighted by Crippen LogP contribution is 2.39. The van der Waals surface area contributed by atoms with E-state index in [2.05, 4.69) is 20.9 Å².